The molecule has 2 rings (SSSR count). The number of nitrogens with one attached hydrogen (secondary N) is 1. The number of carbonyl (C=O) groups excluding carboxylic acids is 1. The van der Waals surface area contributed by atoms with Crippen molar-refractivity contribution in [3.8, 4) is 11.4 Å². The van der Waals surface area contributed by atoms with Crippen LogP contribution in [0.5, 0.6) is 0 Å². The van der Waals surface area contributed by atoms with Crippen LogP contribution < -0.4 is 5.76 Å². The van der Waals surface area contributed by atoms with Crippen LogP contribution in [-0.4, -0.2) is 16.4 Å². The summed E-state index contributed by atoms with van der Waals surface area (Å²) in [6, 6.07) is 6.79. The van der Waals surface area contributed by atoms with E-state index in [4.69, 9.17) is 0 Å². The SMILES string of the molecule is O=Cc1ccccc1-c1noc(=O)[nH]1. The largest absolute Gasteiger partial charge is 0.439 e. The summed E-state index contributed by atoms with van der Waals surface area (Å²) >= 11 is 0. The zero-order valence-corrected chi connectivity index (χ0v) is 7.06. The minimum atomic E-state index is -0.638. The van der Waals surface area contributed by atoms with Crippen molar-refractivity contribution in [1.82, 2.24) is 10.1 Å². The van der Waals surface area contributed by atoms with Gasteiger partial charge in [0.1, 0.15) is 0 Å². The number of benzene rings is 1. The van der Waals surface area contributed by atoms with Crippen molar-refractivity contribution in [3.63, 3.8) is 0 Å². The summed E-state index contributed by atoms with van der Waals surface area (Å²) in [5, 5.41) is 3.49. The summed E-state index contributed by atoms with van der Waals surface area (Å²) in [7, 11) is 0. The van der Waals surface area contributed by atoms with Crippen LogP contribution in [0.1, 0.15) is 10.4 Å². The third kappa shape index (κ3) is 1.35. The van der Waals surface area contributed by atoms with Gasteiger partial charge in [0.05, 0.1) is 0 Å². The van der Waals surface area contributed by atoms with Crippen LogP contribution in [0.15, 0.2) is 33.6 Å². The molecule has 0 atom stereocenters. The molecule has 1 N–H and O–H groups in total. The molecule has 1 aromatic heterocycles. The van der Waals surface area contributed by atoms with E-state index in [9.17, 15) is 9.59 Å². The maximum Gasteiger partial charge on any atom is 0.439 e. The van der Waals surface area contributed by atoms with Crippen molar-refractivity contribution >= 4 is 6.29 Å². The number of rotatable bonds is 2. The first-order valence-corrected chi connectivity index (χ1v) is 3.92. The lowest BCUT2D eigenvalue weighted by atomic mass is 10.1. The van der Waals surface area contributed by atoms with E-state index in [-0.39, 0.29) is 5.82 Å². The van der Waals surface area contributed by atoms with Crippen molar-refractivity contribution in [3.05, 3.63) is 40.4 Å². The molecule has 2 aromatic rings. The monoisotopic (exact) mass is 190 g/mol. The van der Waals surface area contributed by atoms with Crippen LogP contribution in [0.2, 0.25) is 0 Å². The van der Waals surface area contributed by atoms with Crippen molar-refractivity contribution in [2.24, 2.45) is 0 Å². The number of nitrogens with zero attached hydrogens (tertiary/aromatic N) is 1. The van der Waals surface area contributed by atoms with E-state index < -0.39 is 5.76 Å². The van der Waals surface area contributed by atoms with Crippen molar-refractivity contribution in [1.29, 1.82) is 0 Å². The van der Waals surface area contributed by atoms with Gasteiger partial charge in [0, 0.05) is 11.1 Å². The molecule has 0 amide bonds. The van der Waals surface area contributed by atoms with E-state index in [0.717, 1.165) is 0 Å². The van der Waals surface area contributed by atoms with Crippen LogP contribution in [0.4, 0.5) is 0 Å². The van der Waals surface area contributed by atoms with Gasteiger partial charge in [0.15, 0.2) is 12.1 Å². The summed E-state index contributed by atoms with van der Waals surface area (Å²) in [6.07, 6.45) is 0.697. The molecule has 0 saturated heterocycles. The molecule has 1 aromatic carbocycles. The third-order valence-electron chi connectivity index (χ3n) is 1.78. The number of aromatic nitrogens is 2. The average Bonchev–Trinajstić information content (AvgIpc) is 2.65. The molecule has 0 spiro atoms. The van der Waals surface area contributed by atoms with Crippen molar-refractivity contribution in [2.45, 2.75) is 0 Å². The fraction of sp³-hybridized carbons (Fsp3) is 0. The lowest BCUT2D eigenvalue weighted by molar-refractivity contribution is 0.112. The molecule has 0 aliphatic heterocycles. The highest BCUT2D eigenvalue weighted by atomic mass is 16.5. The lowest BCUT2D eigenvalue weighted by Crippen LogP contribution is -1.96. The smallest absolute Gasteiger partial charge is 0.298 e. The molecule has 0 radical (unpaired) electrons. The summed E-state index contributed by atoms with van der Waals surface area (Å²) in [5.41, 5.74) is 1.01. The highest BCUT2D eigenvalue weighted by Crippen LogP contribution is 2.16. The Hall–Kier alpha value is -2.17. The predicted octanol–water partition coefficient (Wildman–Crippen LogP) is 0.842. The number of carbonyl (C=O) groups is 1. The molecule has 0 bridgehead atoms. The van der Waals surface area contributed by atoms with Gasteiger partial charge >= 0.3 is 5.76 Å². The molecule has 0 aliphatic carbocycles. The first-order valence-electron chi connectivity index (χ1n) is 3.92. The van der Waals surface area contributed by atoms with Crippen molar-refractivity contribution < 1.29 is 9.32 Å². The predicted molar refractivity (Wildman–Crippen MR) is 47.9 cm³/mol. The number of H-pyrrole nitrogens is 1. The second-order valence-electron chi connectivity index (χ2n) is 2.65. The van der Waals surface area contributed by atoms with Crippen LogP contribution >= 0.6 is 0 Å². The van der Waals surface area contributed by atoms with E-state index in [1.54, 1.807) is 24.3 Å². The molecule has 14 heavy (non-hydrogen) atoms. The Kier molecular flexibility index (Phi) is 1.98. The van der Waals surface area contributed by atoms with Gasteiger partial charge in [-0.2, -0.15) is 0 Å². The molecule has 5 heteroatoms. The quantitative estimate of drug-likeness (QED) is 0.712. The van der Waals surface area contributed by atoms with Gasteiger partial charge in [0.25, 0.3) is 0 Å². The zero-order valence-electron chi connectivity index (χ0n) is 7.06. The van der Waals surface area contributed by atoms with E-state index in [1.165, 1.54) is 0 Å². The Balaban J connectivity index is 2.61. The maximum atomic E-state index is 10.7. The van der Waals surface area contributed by atoms with E-state index >= 15 is 0 Å². The fourth-order valence-electron chi connectivity index (χ4n) is 1.16. The Morgan fingerprint density at radius 3 is 2.79 bits per heavy atom. The van der Waals surface area contributed by atoms with Crippen LogP contribution in [0.25, 0.3) is 11.4 Å². The standard InChI is InChI=1S/C9H6N2O3/c12-5-6-3-1-2-4-7(6)8-10-9(13)14-11-8/h1-5H,(H,10,11,13). The van der Waals surface area contributed by atoms with Crippen LogP contribution in [-0.2, 0) is 0 Å². The number of hydrogen-bond donors (Lipinski definition) is 1. The van der Waals surface area contributed by atoms with E-state index in [1.807, 2.05) is 0 Å². The van der Waals surface area contributed by atoms with Gasteiger partial charge in [-0.25, -0.2) is 4.79 Å². The summed E-state index contributed by atoms with van der Waals surface area (Å²) in [5.74, 6) is -0.376. The molecule has 0 aliphatic rings. The van der Waals surface area contributed by atoms with Gasteiger partial charge in [-0.05, 0) is 0 Å². The highest BCUT2D eigenvalue weighted by Gasteiger charge is 2.07. The molecule has 0 saturated carbocycles. The molecule has 0 unspecified atom stereocenters. The minimum absolute atomic E-state index is 0.262. The summed E-state index contributed by atoms with van der Waals surface area (Å²) in [6.45, 7) is 0. The Morgan fingerprint density at radius 1 is 1.36 bits per heavy atom. The normalized spacial score (nSPS) is 10.0. The molecular weight excluding hydrogens is 184 g/mol. The first kappa shape index (κ1) is 8.43. The molecular formula is C9H6N2O3. The first-order chi connectivity index (χ1) is 6.81. The number of aromatic amines is 1. The lowest BCUT2D eigenvalue weighted by Gasteiger charge is -1.97. The Labute approximate surface area is 78.4 Å². The Morgan fingerprint density at radius 2 is 2.14 bits per heavy atom. The zero-order chi connectivity index (χ0) is 9.97. The van der Waals surface area contributed by atoms with Gasteiger partial charge in [-0.15, -0.1) is 0 Å². The summed E-state index contributed by atoms with van der Waals surface area (Å²) in [4.78, 5) is 23.7. The second kappa shape index (κ2) is 3.29. The molecule has 70 valence electrons. The topological polar surface area (TPSA) is 76.0 Å². The fourth-order valence-corrected chi connectivity index (χ4v) is 1.16. The second-order valence-corrected chi connectivity index (χ2v) is 2.65. The van der Waals surface area contributed by atoms with Gasteiger partial charge in [-0.3, -0.25) is 14.3 Å². The summed E-state index contributed by atoms with van der Waals surface area (Å²) < 4.78 is 4.34. The molecule has 5 nitrogen and oxygen atoms in total. The van der Waals surface area contributed by atoms with Crippen LogP contribution in [0, 0.1) is 0 Å². The maximum absolute atomic E-state index is 10.7. The Bertz CT molecular complexity index is 513. The number of aldehydes is 1. The van der Waals surface area contributed by atoms with E-state index in [0.29, 0.717) is 17.4 Å². The van der Waals surface area contributed by atoms with Gasteiger partial charge < -0.3 is 0 Å². The average molecular weight is 190 g/mol. The van der Waals surface area contributed by atoms with Crippen molar-refractivity contribution in [2.75, 3.05) is 0 Å². The van der Waals surface area contributed by atoms with Gasteiger partial charge in [-0.1, -0.05) is 29.4 Å². The molecule has 0 fully saturated rings. The third-order valence-corrected chi connectivity index (χ3v) is 1.78. The van der Waals surface area contributed by atoms with E-state index in [2.05, 4.69) is 14.7 Å². The van der Waals surface area contributed by atoms with Gasteiger partial charge in [0.2, 0.25) is 0 Å². The minimum Gasteiger partial charge on any atom is -0.298 e. The highest BCUT2D eigenvalue weighted by molar-refractivity contribution is 5.85. The van der Waals surface area contributed by atoms with Crippen LogP contribution in [0.3, 0.4) is 0 Å². The number of hydrogen-bond acceptors (Lipinski definition) is 4. The molecule has 1 heterocycles.